The average molecular weight is 367 g/mol. The van der Waals surface area contributed by atoms with Crippen LogP contribution in [0.3, 0.4) is 0 Å². The van der Waals surface area contributed by atoms with E-state index in [4.69, 9.17) is 4.52 Å². The lowest BCUT2D eigenvalue weighted by atomic mass is 9.91. The lowest BCUT2D eigenvalue weighted by Gasteiger charge is -2.42. The van der Waals surface area contributed by atoms with Gasteiger partial charge in [-0.2, -0.15) is 0 Å². The Balaban J connectivity index is 1.51. The summed E-state index contributed by atoms with van der Waals surface area (Å²) in [4.78, 5) is 24.6. The molecule has 4 rings (SSSR count). The quantitative estimate of drug-likeness (QED) is 0.767. The van der Waals surface area contributed by atoms with Crippen molar-refractivity contribution < 1.29 is 9.32 Å². The maximum atomic E-state index is 12.8. The summed E-state index contributed by atoms with van der Waals surface area (Å²) in [6, 6.07) is 6.17. The van der Waals surface area contributed by atoms with Gasteiger partial charge in [-0.25, -0.2) is 4.98 Å². The van der Waals surface area contributed by atoms with Crippen LogP contribution in [0.2, 0.25) is 0 Å². The monoisotopic (exact) mass is 367 g/mol. The van der Waals surface area contributed by atoms with Crippen molar-refractivity contribution in [3.05, 3.63) is 42.0 Å². The number of hydrogen-bond donors (Lipinski definition) is 1. The van der Waals surface area contributed by atoms with Crippen molar-refractivity contribution >= 4 is 22.6 Å². The van der Waals surface area contributed by atoms with E-state index in [0.717, 1.165) is 35.4 Å². The molecule has 142 valence electrons. The third kappa shape index (κ3) is 3.41. The second-order valence-electron chi connectivity index (χ2n) is 7.47. The number of pyridine rings is 1. The summed E-state index contributed by atoms with van der Waals surface area (Å²) >= 11 is 0. The Morgan fingerprint density at radius 1 is 1.44 bits per heavy atom. The molecule has 3 aromatic heterocycles. The van der Waals surface area contributed by atoms with Crippen LogP contribution in [0.15, 0.2) is 35.1 Å². The first-order valence-corrected chi connectivity index (χ1v) is 9.38. The third-order valence-corrected chi connectivity index (χ3v) is 5.59. The molecule has 0 spiro atoms. The van der Waals surface area contributed by atoms with Gasteiger partial charge in [0.2, 0.25) is 5.91 Å². The summed E-state index contributed by atoms with van der Waals surface area (Å²) in [6.07, 6.45) is 4.99. The number of likely N-dealkylation sites (tertiary alicyclic amines) is 1. The number of nitrogens with one attached hydrogen (secondary N) is 1. The highest BCUT2D eigenvalue weighted by Crippen LogP contribution is 2.30. The van der Waals surface area contributed by atoms with Crippen LogP contribution in [-0.4, -0.2) is 52.1 Å². The Labute approximate surface area is 158 Å². The van der Waals surface area contributed by atoms with Crippen LogP contribution in [-0.2, 0) is 11.2 Å². The maximum Gasteiger partial charge on any atom is 0.230 e. The largest absolute Gasteiger partial charge is 0.369 e. The normalized spacial score (nSPS) is 20.2. The van der Waals surface area contributed by atoms with E-state index in [1.165, 1.54) is 0 Å². The number of nitrogens with zero attached hydrogens (tertiary/aromatic N) is 4. The molecule has 1 aliphatic heterocycles. The van der Waals surface area contributed by atoms with E-state index in [0.29, 0.717) is 18.2 Å². The Morgan fingerprint density at radius 2 is 2.30 bits per heavy atom. The molecule has 1 fully saturated rings. The molecule has 4 heterocycles. The van der Waals surface area contributed by atoms with E-state index >= 15 is 0 Å². The topological polar surface area (TPSA) is 78.3 Å². The molecule has 1 aliphatic rings. The van der Waals surface area contributed by atoms with Gasteiger partial charge in [-0.3, -0.25) is 4.79 Å². The zero-order valence-corrected chi connectivity index (χ0v) is 16.0. The van der Waals surface area contributed by atoms with Gasteiger partial charge >= 0.3 is 0 Å². The number of amides is 1. The van der Waals surface area contributed by atoms with Gasteiger partial charge in [-0.15, -0.1) is 0 Å². The van der Waals surface area contributed by atoms with Gasteiger partial charge in [0.1, 0.15) is 11.4 Å². The minimum Gasteiger partial charge on any atom is -0.369 e. The number of hydrogen-bond acceptors (Lipinski definition) is 5. The number of carbonyl (C=O) groups excluding carboxylic acids is 1. The van der Waals surface area contributed by atoms with Crippen molar-refractivity contribution in [1.29, 1.82) is 0 Å². The van der Waals surface area contributed by atoms with Gasteiger partial charge in [0, 0.05) is 55.7 Å². The molecule has 1 unspecified atom stereocenters. The van der Waals surface area contributed by atoms with Crippen molar-refractivity contribution in [2.45, 2.75) is 32.7 Å². The highest BCUT2D eigenvalue weighted by Gasteiger charge is 2.32. The van der Waals surface area contributed by atoms with E-state index in [-0.39, 0.29) is 18.4 Å². The van der Waals surface area contributed by atoms with Crippen LogP contribution in [0.1, 0.15) is 24.8 Å². The molecule has 0 bridgehead atoms. The van der Waals surface area contributed by atoms with Crippen LogP contribution >= 0.6 is 0 Å². The number of rotatable bonds is 4. The third-order valence-electron chi connectivity index (χ3n) is 5.59. The van der Waals surface area contributed by atoms with E-state index in [1.807, 2.05) is 36.4 Å². The lowest BCUT2D eigenvalue weighted by Crippen LogP contribution is -2.53. The molecule has 27 heavy (non-hydrogen) atoms. The summed E-state index contributed by atoms with van der Waals surface area (Å²) in [7, 11) is 2.11. The van der Waals surface area contributed by atoms with Gasteiger partial charge < -0.3 is 19.3 Å². The molecule has 1 N–H and O–H groups in total. The number of H-pyrrole nitrogens is 1. The first-order chi connectivity index (χ1) is 13.0. The van der Waals surface area contributed by atoms with Crippen molar-refractivity contribution in [3.63, 3.8) is 0 Å². The number of anilines is 1. The molecule has 7 nitrogen and oxygen atoms in total. The zero-order chi connectivity index (χ0) is 19.0. The highest BCUT2D eigenvalue weighted by molar-refractivity contribution is 5.89. The van der Waals surface area contributed by atoms with Gasteiger partial charge in [-0.1, -0.05) is 12.1 Å². The Kier molecular flexibility index (Phi) is 4.59. The molecule has 0 radical (unpaired) electrons. The van der Waals surface area contributed by atoms with Crippen LogP contribution < -0.4 is 4.90 Å². The predicted octanol–water partition coefficient (Wildman–Crippen LogP) is 2.78. The van der Waals surface area contributed by atoms with E-state index in [1.54, 1.807) is 0 Å². The molecule has 0 aromatic carbocycles. The summed E-state index contributed by atoms with van der Waals surface area (Å²) < 4.78 is 5.21. The number of aryl methyl sites for hydroxylation is 1. The highest BCUT2D eigenvalue weighted by atomic mass is 16.5. The van der Waals surface area contributed by atoms with Gasteiger partial charge in [-0.05, 0) is 31.4 Å². The van der Waals surface area contributed by atoms with Gasteiger partial charge in [0.15, 0.2) is 0 Å². The summed E-state index contributed by atoms with van der Waals surface area (Å²) in [6.45, 7) is 5.62. The first kappa shape index (κ1) is 17.6. The number of aromatic nitrogens is 3. The first-order valence-electron chi connectivity index (χ1n) is 9.38. The fourth-order valence-corrected chi connectivity index (χ4v) is 3.97. The van der Waals surface area contributed by atoms with Crippen LogP contribution in [0.25, 0.3) is 11.0 Å². The minimum absolute atomic E-state index is 0.0953. The molecule has 2 atom stereocenters. The van der Waals surface area contributed by atoms with Crippen LogP contribution in [0.4, 0.5) is 5.69 Å². The fourth-order valence-electron chi connectivity index (χ4n) is 3.97. The number of likely N-dealkylation sites (N-methyl/N-ethyl adjacent to an activating group) is 1. The van der Waals surface area contributed by atoms with Crippen LogP contribution in [0, 0.1) is 12.8 Å². The van der Waals surface area contributed by atoms with E-state index in [9.17, 15) is 4.79 Å². The molecular weight excluding hydrogens is 342 g/mol. The fraction of sp³-hybridized carbons (Fsp3) is 0.450. The Hall–Kier alpha value is -2.83. The second-order valence-corrected chi connectivity index (χ2v) is 7.47. The van der Waals surface area contributed by atoms with Crippen molar-refractivity contribution in [3.8, 4) is 0 Å². The molecule has 7 heteroatoms. The number of piperidine rings is 1. The van der Waals surface area contributed by atoms with E-state index < -0.39 is 0 Å². The molecule has 1 saturated heterocycles. The SMILES string of the molecule is Cc1cc(CC(=O)N2CC[C@@H](C)C(N(C)c3ccnc4[nH]ccc34)C2)on1. The predicted molar refractivity (Wildman–Crippen MR) is 104 cm³/mol. The lowest BCUT2D eigenvalue weighted by molar-refractivity contribution is -0.132. The maximum absolute atomic E-state index is 12.8. The number of aromatic amines is 1. The smallest absolute Gasteiger partial charge is 0.230 e. The summed E-state index contributed by atoms with van der Waals surface area (Å²) in [5.74, 6) is 1.22. The standard InChI is InChI=1S/C20H25N5O2/c1-13-6-9-25(19(26)11-15-10-14(2)23-27-15)12-18(13)24(3)17-5-8-22-20-16(17)4-7-21-20/h4-5,7-8,10,13,18H,6,9,11-12H2,1-3H3,(H,21,22)/t13-,18?/m1/s1. The van der Waals surface area contributed by atoms with Gasteiger partial charge in [0.25, 0.3) is 0 Å². The van der Waals surface area contributed by atoms with E-state index in [2.05, 4.69) is 40.1 Å². The zero-order valence-electron chi connectivity index (χ0n) is 16.0. The van der Waals surface area contributed by atoms with Crippen molar-refractivity contribution in [1.82, 2.24) is 20.0 Å². The van der Waals surface area contributed by atoms with Crippen LogP contribution in [0.5, 0.6) is 0 Å². The Bertz CT molecular complexity index is 947. The summed E-state index contributed by atoms with van der Waals surface area (Å²) in [5.41, 5.74) is 2.82. The molecule has 0 saturated carbocycles. The van der Waals surface area contributed by atoms with Crippen molar-refractivity contribution in [2.75, 3.05) is 25.0 Å². The second kappa shape index (κ2) is 7.06. The number of carbonyl (C=O) groups is 1. The average Bonchev–Trinajstić information content (AvgIpc) is 3.30. The minimum atomic E-state index is 0.0953. The summed E-state index contributed by atoms with van der Waals surface area (Å²) in [5, 5.41) is 4.98. The molecular formula is C20H25N5O2. The number of fused-ring (bicyclic) bond motifs is 1. The molecule has 0 aliphatic carbocycles. The van der Waals surface area contributed by atoms with Gasteiger partial charge in [0.05, 0.1) is 12.1 Å². The molecule has 1 amide bonds. The molecule has 3 aromatic rings. The Morgan fingerprint density at radius 3 is 3.07 bits per heavy atom. The van der Waals surface area contributed by atoms with Crippen molar-refractivity contribution in [2.24, 2.45) is 5.92 Å².